The van der Waals surface area contributed by atoms with Crippen molar-refractivity contribution in [3.8, 4) is 5.88 Å². The predicted octanol–water partition coefficient (Wildman–Crippen LogP) is 5.96. The summed E-state index contributed by atoms with van der Waals surface area (Å²) in [4.78, 5) is 26.1. The van der Waals surface area contributed by atoms with Crippen molar-refractivity contribution in [2.45, 2.75) is 78.7 Å². The average molecular weight is 613 g/mol. The zero-order chi connectivity index (χ0) is 31.0. The first-order valence-electron chi connectivity index (χ1n) is 14.6. The number of nitrogen functional groups attached to an aromatic ring is 1. The topological polar surface area (TPSA) is 153 Å². The van der Waals surface area contributed by atoms with Gasteiger partial charge in [0.1, 0.15) is 24.0 Å². The van der Waals surface area contributed by atoms with Crippen LogP contribution in [-0.4, -0.2) is 50.8 Å². The van der Waals surface area contributed by atoms with Crippen LogP contribution in [0.1, 0.15) is 65.7 Å². The molecule has 3 N–H and O–H groups in total. The van der Waals surface area contributed by atoms with Crippen LogP contribution in [0.25, 0.3) is 21.9 Å². The summed E-state index contributed by atoms with van der Waals surface area (Å²) in [5.74, 6) is 0.588. The molecule has 0 aliphatic carbocycles. The molecule has 0 aliphatic heterocycles. The van der Waals surface area contributed by atoms with Gasteiger partial charge in [0, 0.05) is 30.3 Å². The largest absolute Gasteiger partial charge is 0.462 e. The van der Waals surface area contributed by atoms with Crippen LogP contribution >= 0.6 is 7.75 Å². The molecule has 0 spiro atoms. The molecule has 0 aliphatic rings. The molecule has 0 bridgehead atoms. The second-order valence-corrected chi connectivity index (χ2v) is 12.1. The smallest absolute Gasteiger partial charge is 0.460 e. The van der Waals surface area contributed by atoms with E-state index in [0.717, 1.165) is 35.1 Å². The first-order valence-corrected chi connectivity index (χ1v) is 16.2. The minimum atomic E-state index is -4.06. The summed E-state index contributed by atoms with van der Waals surface area (Å²) in [7, 11) is -4.06. The number of imidazole rings is 1. The molecule has 4 rings (SSSR count). The number of carbonyl (C=O) groups is 1. The van der Waals surface area contributed by atoms with Crippen LogP contribution in [0.4, 0.5) is 5.82 Å². The zero-order valence-corrected chi connectivity index (χ0v) is 26.3. The van der Waals surface area contributed by atoms with Gasteiger partial charge in [-0.15, -0.1) is 0 Å². The molecular formula is C30H41N6O6P. The fourth-order valence-corrected chi connectivity index (χ4v) is 6.30. The van der Waals surface area contributed by atoms with E-state index in [1.165, 1.54) is 6.20 Å². The lowest BCUT2D eigenvalue weighted by Gasteiger charge is -2.25. The Kier molecular flexibility index (Phi) is 11.1. The molecule has 43 heavy (non-hydrogen) atoms. The number of para-hydroxylation sites is 1. The van der Waals surface area contributed by atoms with Crippen molar-refractivity contribution in [2.24, 2.45) is 0 Å². The first kappa shape index (κ1) is 32.3. The number of nitrogens with two attached hydrogens (primary N) is 1. The number of ether oxygens (including phenoxy) is 2. The van der Waals surface area contributed by atoms with E-state index in [4.69, 9.17) is 29.2 Å². The third-order valence-corrected chi connectivity index (χ3v) is 8.32. The number of anilines is 1. The van der Waals surface area contributed by atoms with Gasteiger partial charge >= 0.3 is 13.7 Å². The third-order valence-electron chi connectivity index (χ3n) is 6.67. The van der Waals surface area contributed by atoms with E-state index in [-0.39, 0.29) is 24.6 Å². The Morgan fingerprint density at radius 2 is 1.84 bits per heavy atom. The van der Waals surface area contributed by atoms with Gasteiger partial charge in [-0.2, -0.15) is 5.09 Å². The molecular weight excluding hydrogens is 571 g/mol. The second-order valence-electron chi connectivity index (χ2n) is 10.4. The van der Waals surface area contributed by atoms with Gasteiger partial charge < -0.3 is 24.3 Å². The summed E-state index contributed by atoms with van der Waals surface area (Å²) in [6.45, 7) is 9.91. The number of nitrogens with one attached hydrogen (secondary N) is 1. The number of benzene rings is 1. The van der Waals surface area contributed by atoms with Gasteiger partial charge in [-0.1, -0.05) is 37.6 Å². The molecule has 0 saturated heterocycles. The van der Waals surface area contributed by atoms with E-state index >= 15 is 0 Å². The summed E-state index contributed by atoms with van der Waals surface area (Å²) >= 11 is 0. The van der Waals surface area contributed by atoms with Gasteiger partial charge in [0.05, 0.1) is 23.7 Å². The third kappa shape index (κ3) is 8.08. The molecule has 0 fully saturated rings. The quantitative estimate of drug-likeness (QED) is 0.114. The SMILES string of the molecule is CCC[C@@H](CCO[P@@](=O)(N[C@@H](C)C(=O)OC(C)C)Oc1ccccn1)n1c(COCC)nc2c(N)nc3ccccc3c21. The highest BCUT2D eigenvalue weighted by Gasteiger charge is 2.33. The Morgan fingerprint density at radius 1 is 1.07 bits per heavy atom. The highest BCUT2D eigenvalue weighted by Crippen LogP contribution is 2.45. The molecule has 4 aromatic rings. The van der Waals surface area contributed by atoms with Gasteiger partial charge in [-0.25, -0.2) is 19.5 Å². The maximum absolute atomic E-state index is 14.0. The number of hydrogen-bond donors (Lipinski definition) is 2. The lowest BCUT2D eigenvalue weighted by atomic mass is 10.1. The fourth-order valence-electron chi connectivity index (χ4n) is 4.84. The van der Waals surface area contributed by atoms with Crippen LogP contribution in [0.3, 0.4) is 0 Å². The summed E-state index contributed by atoms with van der Waals surface area (Å²) < 4.78 is 38.9. The molecule has 3 heterocycles. The van der Waals surface area contributed by atoms with Crippen LogP contribution in [0, 0.1) is 0 Å². The van der Waals surface area contributed by atoms with Crippen molar-refractivity contribution in [1.29, 1.82) is 0 Å². The zero-order valence-electron chi connectivity index (χ0n) is 25.4. The number of rotatable bonds is 16. The van der Waals surface area contributed by atoms with E-state index in [1.807, 2.05) is 31.2 Å². The van der Waals surface area contributed by atoms with Crippen molar-refractivity contribution in [3.63, 3.8) is 0 Å². The molecule has 0 saturated carbocycles. The van der Waals surface area contributed by atoms with Crippen molar-refractivity contribution >= 4 is 41.5 Å². The molecule has 1 aromatic carbocycles. The summed E-state index contributed by atoms with van der Waals surface area (Å²) in [6.07, 6.45) is 3.29. The number of fused-ring (bicyclic) bond motifs is 3. The van der Waals surface area contributed by atoms with E-state index in [9.17, 15) is 9.36 Å². The van der Waals surface area contributed by atoms with Gasteiger partial charge in [-0.3, -0.25) is 9.32 Å². The molecule has 232 valence electrons. The summed E-state index contributed by atoms with van der Waals surface area (Å²) in [5.41, 5.74) is 8.63. The predicted molar refractivity (Wildman–Crippen MR) is 166 cm³/mol. The standard InChI is InChI=1S/C30H41N6O6P/c1-6-12-22(36-25(19-39-7-2)34-27-28(36)23-13-8-9-14-24(23)33-29(27)31)16-18-40-43(38,42-26-15-10-11-17-32-26)35-21(5)30(37)41-20(3)4/h8-11,13-15,17,20-22H,6-7,12,16,18-19H2,1-5H3,(H2,31,33)(H,35,38)/t21-,22-,43-/m0/s1. The van der Waals surface area contributed by atoms with Crippen molar-refractivity contribution < 1.29 is 27.9 Å². The molecule has 0 unspecified atom stereocenters. The average Bonchev–Trinajstić information content (AvgIpc) is 3.36. The van der Waals surface area contributed by atoms with Crippen molar-refractivity contribution in [2.75, 3.05) is 18.9 Å². The Bertz CT molecular complexity index is 1560. The molecule has 12 nitrogen and oxygen atoms in total. The van der Waals surface area contributed by atoms with E-state index in [2.05, 4.69) is 26.5 Å². The van der Waals surface area contributed by atoms with E-state index < -0.39 is 19.8 Å². The van der Waals surface area contributed by atoms with Crippen LogP contribution in [-0.2, 0) is 30.0 Å². The number of aromatic nitrogens is 4. The Labute approximate surface area is 251 Å². The first-order chi connectivity index (χ1) is 20.7. The molecule has 3 aromatic heterocycles. The van der Waals surface area contributed by atoms with Crippen molar-refractivity contribution in [1.82, 2.24) is 24.6 Å². The minimum absolute atomic E-state index is 0.0416. The number of carbonyl (C=O) groups excluding carboxylic acids is 1. The van der Waals surface area contributed by atoms with Gasteiger partial charge in [-0.05, 0) is 52.7 Å². The fraction of sp³-hybridized carbons (Fsp3) is 0.467. The summed E-state index contributed by atoms with van der Waals surface area (Å²) in [5, 5.41) is 3.64. The van der Waals surface area contributed by atoms with E-state index in [1.54, 1.807) is 39.0 Å². The van der Waals surface area contributed by atoms with Crippen LogP contribution in [0.2, 0.25) is 0 Å². The minimum Gasteiger partial charge on any atom is -0.462 e. The molecule has 13 heteroatoms. The molecule has 3 atom stereocenters. The van der Waals surface area contributed by atoms with Gasteiger partial charge in [0.25, 0.3) is 0 Å². The number of esters is 1. The van der Waals surface area contributed by atoms with E-state index in [0.29, 0.717) is 31.0 Å². The lowest BCUT2D eigenvalue weighted by Crippen LogP contribution is -2.36. The van der Waals surface area contributed by atoms with Crippen LogP contribution in [0.15, 0.2) is 48.7 Å². The number of nitrogens with zero attached hydrogens (tertiary/aromatic N) is 4. The highest BCUT2D eigenvalue weighted by molar-refractivity contribution is 7.52. The molecule has 0 amide bonds. The summed E-state index contributed by atoms with van der Waals surface area (Å²) in [6, 6.07) is 11.7. The monoisotopic (exact) mass is 612 g/mol. The van der Waals surface area contributed by atoms with Gasteiger partial charge in [0.2, 0.25) is 5.88 Å². The van der Waals surface area contributed by atoms with Gasteiger partial charge in [0.15, 0.2) is 5.82 Å². The second kappa shape index (κ2) is 14.7. The maximum atomic E-state index is 14.0. The number of hydrogen-bond acceptors (Lipinski definition) is 10. The maximum Gasteiger partial charge on any atom is 0.460 e. The van der Waals surface area contributed by atoms with Crippen molar-refractivity contribution in [3.05, 3.63) is 54.5 Å². The highest BCUT2D eigenvalue weighted by atomic mass is 31.2. The van der Waals surface area contributed by atoms with Crippen LogP contribution in [0.5, 0.6) is 5.88 Å². The van der Waals surface area contributed by atoms with Crippen LogP contribution < -0.4 is 15.3 Å². The Hall–Kier alpha value is -3.57. The molecule has 0 radical (unpaired) electrons. The lowest BCUT2D eigenvalue weighted by molar-refractivity contribution is -0.149. The Balaban J connectivity index is 1.65. The Morgan fingerprint density at radius 3 is 2.53 bits per heavy atom. The number of pyridine rings is 2. The normalized spacial score (nSPS) is 14.6.